The van der Waals surface area contributed by atoms with Crippen molar-refractivity contribution in [2.24, 2.45) is 0 Å². The quantitative estimate of drug-likeness (QED) is 0.904. The topological polar surface area (TPSA) is 29.5 Å². The van der Waals surface area contributed by atoms with E-state index in [0.717, 1.165) is 21.8 Å². The summed E-state index contributed by atoms with van der Waals surface area (Å²) in [4.78, 5) is 1.15. The van der Waals surface area contributed by atoms with Gasteiger partial charge in [0.15, 0.2) is 0 Å². The van der Waals surface area contributed by atoms with Crippen molar-refractivity contribution in [1.29, 1.82) is 0 Å². The SMILES string of the molecule is Cc1sccc1C(O)c1cccc(OC(C)C)c1. The third-order valence-corrected chi connectivity index (χ3v) is 3.60. The zero-order valence-corrected chi connectivity index (χ0v) is 11.7. The van der Waals surface area contributed by atoms with Gasteiger partial charge in [0, 0.05) is 4.88 Å². The Balaban J connectivity index is 2.25. The molecule has 0 aliphatic rings. The second-order valence-electron chi connectivity index (χ2n) is 4.57. The lowest BCUT2D eigenvalue weighted by atomic mass is 10.0. The van der Waals surface area contributed by atoms with Crippen molar-refractivity contribution in [3.05, 3.63) is 51.7 Å². The monoisotopic (exact) mass is 262 g/mol. The van der Waals surface area contributed by atoms with Gasteiger partial charge in [-0.15, -0.1) is 11.3 Å². The molecule has 1 atom stereocenters. The Morgan fingerprint density at radius 2 is 2.00 bits per heavy atom. The van der Waals surface area contributed by atoms with E-state index in [9.17, 15) is 5.11 Å². The predicted octanol–water partition coefficient (Wildman–Crippen LogP) is 3.93. The molecule has 2 aromatic rings. The van der Waals surface area contributed by atoms with Gasteiger partial charge in [-0.3, -0.25) is 0 Å². The van der Waals surface area contributed by atoms with Crippen LogP contribution in [0.25, 0.3) is 0 Å². The highest BCUT2D eigenvalue weighted by atomic mass is 32.1. The number of hydrogen-bond donors (Lipinski definition) is 1. The number of aliphatic hydroxyl groups excluding tert-OH is 1. The minimum atomic E-state index is -0.577. The Labute approximate surface area is 112 Å². The maximum absolute atomic E-state index is 10.4. The van der Waals surface area contributed by atoms with Gasteiger partial charge in [0.1, 0.15) is 11.9 Å². The molecule has 1 N–H and O–H groups in total. The van der Waals surface area contributed by atoms with Crippen LogP contribution in [0.15, 0.2) is 35.7 Å². The summed E-state index contributed by atoms with van der Waals surface area (Å²) >= 11 is 1.65. The summed E-state index contributed by atoms with van der Waals surface area (Å²) in [5.41, 5.74) is 1.84. The molecular formula is C15H18O2S. The van der Waals surface area contributed by atoms with E-state index in [1.54, 1.807) is 11.3 Å². The lowest BCUT2D eigenvalue weighted by Crippen LogP contribution is -2.06. The van der Waals surface area contributed by atoms with Crippen LogP contribution in [-0.4, -0.2) is 11.2 Å². The van der Waals surface area contributed by atoms with Crippen LogP contribution >= 0.6 is 11.3 Å². The lowest BCUT2D eigenvalue weighted by Gasteiger charge is -2.14. The maximum Gasteiger partial charge on any atom is 0.120 e. The van der Waals surface area contributed by atoms with Crippen molar-refractivity contribution in [2.45, 2.75) is 33.0 Å². The first-order chi connectivity index (χ1) is 8.58. The molecule has 0 aliphatic heterocycles. The minimum Gasteiger partial charge on any atom is -0.491 e. The van der Waals surface area contributed by atoms with Gasteiger partial charge >= 0.3 is 0 Å². The van der Waals surface area contributed by atoms with Crippen LogP contribution in [0.2, 0.25) is 0 Å². The van der Waals surface area contributed by atoms with Gasteiger partial charge in [-0.1, -0.05) is 12.1 Å². The molecular weight excluding hydrogens is 244 g/mol. The summed E-state index contributed by atoms with van der Waals surface area (Å²) in [6, 6.07) is 9.63. The Bertz CT molecular complexity index is 517. The summed E-state index contributed by atoms with van der Waals surface area (Å²) in [7, 11) is 0. The number of benzene rings is 1. The van der Waals surface area contributed by atoms with Gasteiger partial charge in [-0.05, 0) is 55.5 Å². The van der Waals surface area contributed by atoms with Crippen LogP contribution in [0.3, 0.4) is 0 Å². The van der Waals surface area contributed by atoms with Crippen molar-refractivity contribution >= 4 is 11.3 Å². The molecule has 96 valence electrons. The highest BCUT2D eigenvalue weighted by molar-refractivity contribution is 7.10. The normalized spacial score (nSPS) is 12.7. The second kappa shape index (κ2) is 5.55. The van der Waals surface area contributed by atoms with Gasteiger partial charge in [0.25, 0.3) is 0 Å². The van der Waals surface area contributed by atoms with Crippen LogP contribution in [-0.2, 0) is 0 Å². The molecule has 0 saturated carbocycles. The summed E-state index contributed by atoms with van der Waals surface area (Å²) in [6.45, 7) is 6.01. The molecule has 3 heteroatoms. The van der Waals surface area contributed by atoms with E-state index < -0.39 is 6.10 Å². The number of ether oxygens (including phenoxy) is 1. The average molecular weight is 262 g/mol. The first-order valence-corrected chi connectivity index (χ1v) is 6.94. The highest BCUT2D eigenvalue weighted by Crippen LogP contribution is 2.29. The Morgan fingerprint density at radius 1 is 1.22 bits per heavy atom. The van der Waals surface area contributed by atoms with Gasteiger partial charge in [-0.2, -0.15) is 0 Å². The van der Waals surface area contributed by atoms with Crippen molar-refractivity contribution in [3.8, 4) is 5.75 Å². The summed E-state index contributed by atoms with van der Waals surface area (Å²) in [5, 5.41) is 12.4. The minimum absolute atomic E-state index is 0.139. The Morgan fingerprint density at radius 3 is 2.61 bits per heavy atom. The van der Waals surface area contributed by atoms with E-state index in [4.69, 9.17) is 4.74 Å². The largest absolute Gasteiger partial charge is 0.491 e. The van der Waals surface area contributed by atoms with Gasteiger partial charge < -0.3 is 9.84 Å². The van der Waals surface area contributed by atoms with Crippen molar-refractivity contribution in [3.63, 3.8) is 0 Å². The molecule has 1 aromatic heterocycles. The Hall–Kier alpha value is -1.32. The summed E-state index contributed by atoms with van der Waals surface area (Å²) < 4.78 is 5.64. The number of aryl methyl sites for hydroxylation is 1. The van der Waals surface area contributed by atoms with E-state index in [1.165, 1.54) is 0 Å². The van der Waals surface area contributed by atoms with Gasteiger partial charge in [0.05, 0.1) is 6.10 Å². The third kappa shape index (κ3) is 2.92. The number of rotatable bonds is 4. The molecule has 2 rings (SSSR count). The van der Waals surface area contributed by atoms with E-state index in [-0.39, 0.29) is 6.10 Å². The van der Waals surface area contributed by atoms with Crippen molar-refractivity contribution < 1.29 is 9.84 Å². The zero-order valence-electron chi connectivity index (χ0n) is 10.9. The van der Waals surface area contributed by atoms with Crippen molar-refractivity contribution in [2.75, 3.05) is 0 Å². The van der Waals surface area contributed by atoms with Crippen LogP contribution in [0.5, 0.6) is 5.75 Å². The highest BCUT2D eigenvalue weighted by Gasteiger charge is 2.14. The van der Waals surface area contributed by atoms with Crippen LogP contribution in [0.4, 0.5) is 0 Å². The summed E-state index contributed by atoms with van der Waals surface area (Å²) in [6.07, 6.45) is -0.438. The molecule has 0 aliphatic carbocycles. The zero-order chi connectivity index (χ0) is 13.1. The number of hydrogen-bond acceptors (Lipinski definition) is 3. The fourth-order valence-electron chi connectivity index (χ4n) is 1.89. The second-order valence-corrected chi connectivity index (χ2v) is 5.69. The van der Waals surface area contributed by atoms with E-state index in [1.807, 2.05) is 56.5 Å². The van der Waals surface area contributed by atoms with E-state index in [0.29, 0.717) is 0 Å². The first-order valence-electron chi connectivity index (χ1n) is 6.06. The fourth-order valence-corrected chi connectivity index (χ4v) is 2.62. The smallest absolute Gasteiger partial charge is 0.120 e. The molecule has 0 fully saturated rings. The predicted molar refractivity (Wildman–Crippen MR) is 75.3 cm³/mol. The average Bonchev–Trinajstić information content (AvgIpc) is 2.74. The van der Waals surface area contributed by atoms with Gasteiger partial charge in [-0.25, -0.2) is 0 Å². The molecule has 18 heavy (non-hydrogen) atoms. The molecule has 1 heterocycles. The number of thiophene rings is 1. The van der Waals surface area contributed by atoms with Crippen molar-refractivity contribution in [1.82, 2.24) is 0 Å². The molecule has 0 saturated heterocycles. The molecule has 1 unspecified atom stereocenters. The third-order valence-electron chi connectivity index (χ3n) is 2.74. The fraction of sp³-hybridized carbons (Fsp3) is 0.333. The van der Waals surface area contributed by atoms with Crippen LogP contribution in [0.1, 0.15) is 36.0 Å². The molecule has 1 aromatic carbocycles. The van der Waals surface area contributed by atoms with E-state index in [2.05, 4.69) is 0 Å². The van der Waals surface area contributed by atoms with Crippen LogP contribution < -0.4 is 4.74 Å². The standard InChI is InChI=1S/C15H18O2S/c1-10(2)17-13-6-4-5-12(9-13)15(16)14-7-8-18-11(14)3/h4-10,15-16H,1-3H3. The summed E-state index contributed by atoms with van der Waals surface area (Å²) in [5.74, 6) is 0.800. The Kier molecular flexibility index (Phi) is 4.04. The molecule has 0 spiro atoms. The molecule has 2 nitrogen and oxygen atoms in total. The molecule has 0 bridgehead atoms. The maximum atomic E-state index is 10.4. The number of aliphatic hydroxyl groups is 1. The first kappa shape index (κ1) is 13.1. The molecule has 0 radical (unpaired) electrons. The van der Waals surface area contributed by atoms with Gasteiger partial charge in [0.2, 0.25) is 0 Å². The molecule has 0 amide bonds. The van der Waals surface area contributed by atoms with E-state index >= 15 is 0 Å². The van der Waals surface area contributed by atoms with Crippen LogP contribution in [0, 0.1) is 6.92 Å². The lowest BCUT2D eigenvalue weighted by molar-refractivity contribution is 0.216.